The Morgan fingerprint density at radius 3 is 2.39 bits per heavy atom. The molecule has 0 aliphatic rings. The Balaban J connectivity index is 2.32. The standard InChI is InChI=1S/C13H12N2O3/c16-13-8-4-1-5-10(13)9-14-11-6-2-3-7-12(11)15(17)18/h1-9,16-18H/p-1. The predicted octanol–water partition coefficient (Wildman–Crippen LogP) is 2.10. The van der Waals surface area contributed by atoms with Crippen molar-refractivity contribution in [2.75, 3.05) is 5.23 Å². The van der Waals surface area contributed by atoms with Gasteiger partial charge in [0.25, 0.3) is 0 Å². The Morgan fingerprint density at radius 2 is 1.67 bits per heavy atom. The summed E-state index contributed by atoms with van der Waals surface area (Å²) in [6, 6.07) is 12.9. The number of hydrogen-bond donors (Lipinski definition) is 2. The maximum Gasteiger partial charge on any atom is 0.120 e. The summed E-state index contributed by atoms with van der Waals surface area (Å²) in [6.45, 7) is 0. The molecule has 0 bridgehead atoms. The van der Waals surface area contributed by atoms with Crippen LogP contribution < -0.4 is 10.3 Å². The van der Waals surface area contributed by atoms with E-state index in [1.54, 1.807) is 36.4 Å². The van der Waals surface area contributed by atoms with Gasteiger partial charge in [0.15, 0.2) is 0 Å². The summed E-state index contributed by atoms with van der Waals surface area (Å²) in [7, 11) is 0. The number of aliphatic imine (C=N–C) groups is 1. The first-order valence-corrected chi connectivity index (χ1v) is 5.25. The van der Waals surface area contributed by atoms with E-state index in [-0.39, 0.29) is 16.7 Å². The van der Waals surface area contributed by atoms with Gasteiger partial charge in [-0.1, -0.05) is 36.4 Å². The molecule has 0 fully saturated rings. The third kappa shape index (κ3) is 2.65. The third-order valence-corrected chi connectivity index (χ3v) is 2.36. The Morgan fingerprint density at radius 1 is 1.00 bits per heavy atom. The second kappa shape index (κ2) is 5.31. The lowest BCUT2D eigenvalue weighted by Gasteiger charge is -2.11. The van der Waals surface area contributed by atoms with Crippen LogP contribution in [0.15, 0.2) is 53.5 Å². The van der Waals surface area contributed by atoms with Crippen molar-refractivity contribution in [1.82, 2.24) is 0 Å². The summed E-state index contributed by atoms with van der Waals surface area (Å²) in [4.78, 5) is 4.07. The molecule has 5 nitrogen and oxygen atoms in total. The van der Waals surface area contributed by atoms with Gasteiger partial charge in [-0.05, 0) is 17.7 Å². The van der Waals surface area contributed by atoms with E-state index in [0.717, 1.165) is 0 Å². The summed E-state index contributed by atoms with van der Waals surface area (Å²) in [5.74, 6) is -0.136. The molecule has 2 aromatic carbocycles. The van der Waals surface area contributed by atoms with E-state index in [1.807, 2.05) is 0 Å². The molecule has 0 saturated heterocycles. The number of anilines is 1. The Hall–Kier alpha value is -2.37. The van der Waals surface area contributed by atoms with Crippen LogP contribution in [0.3, 0.4) is 0 Å². The molecule has 2 N–H and O–H groups in total. The predicted molar refractivity (Wildman–Crippen MR) is 65.6 cm³/mol. The second-order valence-corrected chi connectivity index (χ2v) is 3.57. The first-order valence-electron chi connectivity index (χ1n) is 5.25. The van der Waals surface area contributed by atoms with Crippen molar-refractivity contribution >= 4 is 17.6 Å². The highest BCUT2D eigenvalue weighted by atomic mass is 16.8. The summed E-state index contributed by atoms with van der Waals surface area (Å²) in [6.07, 6.45) is 1.39. The van der Waals surface area contributed by atoms with Crippen LogP contribution in [0.2, 0.25) is 0 Å². The molecule has 18 heavy (non-hydrogen) atoms. The van der Waals surface area contributed by atoms with Crippen LogP contribution in [-0.2, 0) is 0 Å². The van der Waals surface area contributed by atoms with Crippen LogP contribution in [0.25, 0.3) is 0 Å². The molecule has 0 unspecified atom stereocenters. The van der Waals surface area contributed by atoms with E-state index in [2.05, 4.69) is 4.99 Å². The van der Waals surface area contributed by atoms with Crippen molar-refractivity contribution in [2.45, 2.75) is 0 Å². The molecule has 2 rings (SSSR count). The van der Waals surface area contributed by atoms with Crippen LogP contribution in [0.4, 0.5) is 11.4 Å². The highest BCUT2D eigenvalue weighted by Crippen LogP contribution is 2.26. The molecule has 5 heteroatoms. The molecule has 0 saturated carbocycles. The van der Waals surface area contributed by atoms with E-state index in [9.17, 15) is 5.11 Å². The third-order valence-electron chi connectivity index (χ3n) is 2.36. The summed E-state index contributed by atoms with van der Waals surface area (Å²) in [5.41, 5.74) is 0.928. The molecule has 2 aromatic rings. The first kappa shape index (κ1) is 12.1. The van der Waals surface area contributed by atoms with E-state index < -0.39 is 0 Å². The lowest BCUT2D eigenvalue weighted by Crippen LogP contribution is -2.10. The van der Waals surface area contributed by atoms with Crippen molar-refractivity contribution in [3.05, 3.63) is 54.1 Å². The normalized spacial score (nSPS) is 10.8. The van der Waals surface area contributed by atoms with Gasteiger partial charge in [-0.25, -0.2) is 0 Å². The van der Waals surface area contributed by atoms with Crippen molar-refractivity contribution in [1.29, 1.82) is 0 Å². The zero-order chi connectivity index (χ0) is 13.0. The lowest BCUT2D eigenvalue weighted by atomic mass is 10.2. The molecule has 0 heterocycles. The fourth-order valence-electron chi connectivity index (χ4n) is 1.47. The minimum absolute atomic E-state index is 0.00419. The Kier molecular flexibility index (Phi) is 3.57. The number of para-hydroxylation sites is 3. The van der Waals surface area contributed by atoms with Gasteiger partial charge in [-0.2, -0.15) is 0 Å². The van der Waals surface area contributed by atoms with Gasteiger partial charge in [0.1, 0.15) is 5.69 Å². The van der Waals surface area contributed by atoms with Crippen LogP contribution in [-0.4, -0.2) is 16.6 Å². The Bertz CT molecular complexity index is 568. The molecular weight excluding hydrogens is 232 g/mol. The van der Waals surface area contributed by atoms with E-state index in [1.165, 1.54) is 18.3 Å². The molecule has 0 atom stereocenters. The largest absolute Gasteiger partial charge is 0.872 e. The van der Waals surface area contributed by atoms with Crippen molar-refractivity contribution in [2.24, 2.45) is 4.99 Å². The lowest BCUT2D eigenvalue weighted by molar-refractivity contribution is -0.268. The average Bonchev–Trinajstić information content (AvgIpc) is 2.38. The molecule has 0 aliphatic carbocycles. The molecule has 0 spiro atoms. The van der Waals surface area contributed by atoms with Gasteiger partial charge in [0.05, 0.1) is 5.69 Å². The summed E-state index contributed by atoms with van der Waals surface area (Å²) >= 11 is 0. The average molecular weight is 243 g/mol. The number of nitrogens with zero attached hydrogens (tertiary/aromatic N) is 2. The van der Waals surface area contributed by atoms with Crippen LogP contribution in [0.1, 0.15) is 5.56 Å². The SMILES string of the molecule is [O-]c1ccccc1C=Nc1ccccc1N(O)O. The second-order valence-electron chi connectivity index (χ2n) is 3.57. The van der Waals surface area contributed by atoms with E-state index in [0.29, 0.717) is 11.3 Å². The highest BCUT2D eigenvalue weighted by molar-refractivity contribution is 5.86. The first-order chi connectivity index (χ1) is 8.68. The zero-order valence-electron chi connectivity index (χ0n) is 9.39. The van der Waals surface area contributed by atoms with E-state index >= 15 is 0 Å². The smallest absolute Gasteiger partial charge is 0.120 e. The van der Waals surface area contributed by atoms with Gasteiger partial charge in [-0.15, -0.1) is 11.0 Å². The highest BCUT2D eigenvalue weighted by Gasteiger charge is 2.04. The maximum absolute atomic E-state index is 11.5. The molecule has 0 radical (unpaired) electrons. The molecule has 0 amide bonds. The molecular formula is C13H11N2O3-. The van der Waals surface area contributed by atoms with Gasteiger partial charge in [0, 0.05) is 6.21 Å². The quantitative estimate of drug-likeness (QED) is 0.639. The maximum atomic E-state index is 11.5. The zero-order valence-corrected chi connectivity index (χ0v) is 9.39. The molecule has 92 valence electrons. The fraction of sp³-hybridized carbons (Fsp3) is 0. The minimum atomic E-state index is -0.136. The van der Waals surface area contributed by atoms with Crippen LogP contribution >= 0.6 is 0 Å². The van der Waals surface area contributed by atoms with Crippen molar-refractivity contribution in [3.63, 3.8) is 0 Å². The minimum Gasteiger partial charge on any atom is -0.872 e. The fourth-order valence-corrected chi connectivity index (χ4v) is 1.47. The molecule has 0 aromatic heterocycles. The van der Waals surface area contributed by atoms with Gasteiger partial charge in [-0.3, -0.25) is 15.4 Å². The summed E-state index contributed by atoms with van der Waals surface area (Å²) < 4.78 is 0. The van der Waals surface area contributed by atoms with Crippen molar-refractivity contribution < 1.29 is 15.5 Å². The molecule has 0 aliphatic heterocycles. The number of hydrogen-bond acceptors (Lipinski definition) is 5. The summed E-state index contributed by atoms with van der Waals surface area (Å²) in [5, 5.41) is 29.5. The van der Waals surface area contributed by atoms with E-state index in [4.69, 9.17) is 10.4 Å². The van der Waals surface area contributed by atoms with Crippen LogP contribution in [0.5, 0.6) is 5.75 Å². The topological polar surface area (TPSA) is 79.1 Å². The number of benzene rings is 2. The monoisotopic (exact) mass is 243 g/mol. The van der Waals surface area contributed by atoms with Crippen molar-refractivity contribution in [3.8, 4) is 5.75 Å². The Labute approximate surface area is 104 Å². The number of rotatable bonds is 3. The van der Waals surface area contributed by atoms with Gasteiger partial charge in [0.2, 0.25) is 0 Å². The van der Waals surface area contributed by atoms with Gasteiger partial charge < -0.3 is 5.11 Å². The van der Waals surface area contributed by atoms with Gasteiger partial charge >= 0.3 is 0 Å². The van der Waals surface area contributed by atoms with Crippen LogP contribution in [0, 0.1) is 0 Å².